The van der Waals surface area contributed by atoms with Gasteiger partial charge in [0.2, 0.25) is 0 Å². The highest BCUT2D eigenvalue weighted by Crippen LogP contribution is 2.26. The summed E-state index contributed by atoms with van der Waals surface area (Å²) >= 11 is 0. The van der Waals surface area contributed by atoms with Crippen molar-refractivity contribution in [3.8, 4) is 5.75 Å². The van der Waals surface area contributed by atoms with Gasteiger partial charge in [0.1, 0.15) is 6.61 Å². The van der Waals surface area contributed by atoms with Crippen LogP contribution in [0.25, 0.3) is 0 Å². The van der Waals surface area contributed by atoms with Gasteiger partial charge in [0.05, 0.1) is 4.92 Å². The third-order valence-electron chi connectivity index (χ3n) is 4.27. The number of carbonyl (C=O) groups is 2. The molecule has 0 aliphatic heterocycles. The monoisotopic (exact) mass is 371 g/mol. The number of nitrogens with zero attached hydrogens (tertiary/aromatic N) is 1. The van der Waals surface area contributed by atoms with Crippen molar-refractivity contribution >= 4 is 17.4 Å². The predicted octanol–water partition coefficient (Wildman–Crippen LogP) is 3.84. The number of rotatable bonds is 7. The summed E-state index contributed by atoms with van der Waals surface area (Å²) in [6.45, 7) is 6.63. The van der Waals surface area contributed by atoms with Crippen LogP contribution in [-0.4, -0.2) is 23.3 Å². The molecular formula is C20H21NO6. The van der Waals surface area contributed by atoms with Crippen molar-refractivity contribution < 1.29 is 24.0 Å². The number of esters is 1. The second-order valence-corrected chi connectivity index (χ2v) is 6.22. The number of aryl methyl sites for hydroxylation is 2. The smallest absolute Gasteiger partial charge is 0.344 e. The summed E-state index contributed by atoms with van der Waals surface area (Å²) in [6, 6.07) is 7.69. The first-order chi connectivity index (χ1) is 12.7. The van der Waals surface area contributed by atoms with Crippen molar-refractivity contribution in [3.63, 3.8) is 0 Å². The van der Waals surface area contributed by atoms with Gasteiger partial charge >= 0.3 is 11.7 Å². The van der Waals surface area contributed by atoms with Gasteiger partial charge in [-0.1, -0.05) is 18.2 Å². The average molecular weight is 371 g/mol. The summed E-state index contributed by atoms with van der Waals surface area (Å²) in [7, 11) is 0. The molecule has 0 radical (unpaired) electrons. The van der Waals surface area contributed by atoms with E-state index in [1.54, 1.807) is 6.07 Å². The highest BCUT2D eigenvalue weighted by molar-refractivity contribution is 5.97. The molecule has 7 nitrogen and oxygen atoms in total. The van der Waals surface area contributed by atoms with Crippen LogP contribution in [0.1, 0.15) is 39.5 Å². The Morgan fingerprint density at radius 1 is 1.11 bits per heavy atom. The zero-order chi connectivity index (χ0) is 20.1. The molecule has 2 aromatic rings. The molecule has 27 heavy (non-hydrogen) atoms. The minimum absolute atomic E-state index is 0.000938. The summed E-state index contributed by atoms with van der Waals surface area (Å²) in [5, 5.41) is 10.9. The number of para-hydroxylation sites is 2. The van der Waals surface area contributed by atoms with E-state index in [0.29, 0.717) is 5.56 Å². The number of carbonyl (C=O) groups excluding carboxylic acids is 2. The lowest BCUT2D eigenvalue weighted by Crippen LogP contribution is -2.16. The third kappa shape index (κ3) is 4.69. The quantitative estimate of drug-likeness (QED) is 0.317. The molecule has 0 saturated carbocycles. The van der Waals surface area contributed by atoms with E-state index in [1.807, 2.05) is 26.8 Å². The van der Waals surface area contributed by atoms with Crippen LogP contribution in [0, 0.1) is 30.9 Å². The van der Waals surface area contributed by atoms with E-state index in [4.69, 9.17) is 9.47 Å². The Morgan fingerprint density at radius 3 is 2.41 bits per heavy atom. The molecule has 2 rings (SSSR count). The molecule has 0 amide bonds. The van der Waals surface area contributed by atoms with Crippen molar-refractivity contribution in [1.82, 2.24) is 0 Å². The summed E-state index contributed by atoms with van der Waals surface area (Å²) in [5.41, 5.74) is 3.76. The van der Waals surface area contributed by atoms with Gasteiger partial charge in [-0.3, -0.25) is 14.9 Å². The summed E-state index contributed by atoms with van der Waals surface area (Å²) in [4.78, 5) is 34.2. The zero-order valence-corrected chi connectivity index (χ0v) is 15.7. The Hall–Kier alpha value is -3.22. The topological polar surface area (TPSA) is 95.7 Å². The van der Waals surface area contributed by atoms with Crippen LogP contribution < -0.4 is 4.74 Å². The first-order valence-electron chi connectivity index (χ1n) is 8.34. The Kier molecular flexibility index (Phi) is 6.28. The van der Waals surface area contributed by atoms with Crippen molar-refractivity contribution in [2.75, 3.05) is 6.61 Å². The SMILES string of the molecule is CC(=O)c1c(C)cc(C)c(COC(=O)COc2ccccc2[N+](=O)[O-])c1C. The first kappa shape index (κ1) is 20.1. The van der Waals surface area contributed by atoms with Gasteiger partial charge in [-0.15, -0.1) is 0 Å². The van der Waals surface area contributed by atoms with E-state index < -0.39 is 17.5 Å². The Bertz CT molecular complexity index is 904. The molecule has 0 heterocycles. The van der Waals surface area contributed by atoms with Crippen LogP contribution in [-0.2, 0) is 16.1 Å². The van der Waals surface area contributed by atoms with E-state index in [1.165, 1.54) is 25.1 Å². The van der Waals surface area contributed by atoms with Gasteiger partial charge in [-0.05, 0) is 56.0 Å². The van der Waals surface area contributed by atoms with Crippen LogP contribution in [0.2, 0.25) is 0 Å². The highest BCUT2D eigenvalue weighted by Gasteiger charge is 2.17. The molecule has 142 valence electrons. The van der Waals surface area contributed by atoms with Gasteiger partial charge in [0.15, 0.2) is 18.1 Å². The fourth-order valence-corrected chi connectivity index (χ4v) is 3.05. The summed E-state index contributed by atoms with van der Waals surface area (Å²) < 4.78 is 10.5. The first-order valence-corrected chi connectivity index (χ1v) is 8.34. The molecule has 0 fully saturated rings. The van der Waals surface area contributed by atoms with Crippen molar-refractivity contribution in [1.29, 1.82) is 0 Å². The Balaban J connectivity index is 2.06. The van der Waals surface area contributed by atoms with Gasteiger partial charge in [0.25, 0.3) is 0 Å². The molecule has 0 spiro atoms. The molecule has 0 N–H and O–H groups in total. The third-order valence-corrected chi connectivity index (χ3v) is 4.27. The van der Waals surface area contributed by atoms with Crippen LogP contribution in [0.15, 0.2) is 30.3 Å². The maximum Gasteiger partial charge on any atom is 0.344 e. The Morgan fingerprint density at radius 2 is 1.78 bits per heavy atom. The normalized spacial score (nSPS) is 10.4. The minimum Gasteiger partial charge on any atom is -0.475 e. The van der Waals surface area contributed by atoms with Crippen LogP contribution in [0.5, 0.6) is 5.75 Å². The maximum atomic E-state index is 12.0. The lowest BCUT2D eigenvalue weighted by atomic mass is 9.92. The number of ketones is 1. The lowest BCUT2D eigenvalue weighted by molar-refractivity contribution is -0.385. The highest BCUT2D eigenvalue weighted by atomic mass is 16.6. The molecule has 0 saturated heterocycles. The second kappa shape index (κ2) is 8.44. The van der Waals surface area contributed by atoms with Gasteiger partial charge in [0, 0.05) is 11.6 Å². The predicted molar refractivity (Wildman–Crippen MR) is 99.0 cm³/mol. The van der Waals surface area contributed by atoms with Crippen LogP contribution >= 0.6 is 0 Å². The van der Waals surface area contributed by atoms with Crippen molar-refractivity contribution in [2.24, 2.45) is 0 Å². The van der Waals surface area contributed by atoms with E-state index in [0.717, 1.165) is 22.3 Å². The zero-order valence-electron chi connectivity index (χ0n) is 15.7. The number of nitro groups is 1. The summed E-state index contributed by atoms with van der Waals surface area (Å²) in [6.07, 6.45) is 0. The Labute approximate surface area is 157 Å². The molecule has 0 aliphatic carbocycles. The molecule has 0 aliphatic rings. The molecule has 2 aromatic carbocycles. The summed E-state index contributed by atoms with van der Waals surface area (Å²) in [5.74, 6) is -0.699. The number of hydrogen-bond acceptors (Lipinski definition) is 6. The average Bonchev–Trinajstić information content (AvgIpc) is 2.59. The largest absolute Gasteiger partial charge is 0.475 e. The fraction of sp³-hybridized carbons (Fsp3) is 0.300. The standard InChI is InChI=1S/C20H21NO6/c1-12-9-13(2)20(15(4)22)14(3)16(12)10-27-19(23)11-26-18-8-6-5-7-17(18)21(24)25/h5-9H,10-11H2,1-4H3. The molecule has 0 bridgehead atoms. The van der Waals surface area contributed by atoms with E-state index in [2.05, 4.69) is 0 Å². The molecule has 0 unspecified atom stereocenters. The number of benzene rings is 2. The number of Topliss-reactive ketones (excluding diaryl/α,β-unsaturated/α-hetero) is 1. The number of ether oxygens (including phenoxy) is 2. The van der Waals surface area contributed by atoms with Crippen molar-refractivity contribution in [2.45, 2.75) is 34.3 Å². The molecule has 7 heteroatoms. The van der Waals surface area contributed by atoms with Crippen LogP contribution in [0.4, 0.5) is 5.69 Å². The van der Waals surface area contributed by atoms with Gasteiger partial charge < -0.3 is 9.47 Å². The van der Waals surface area contributed by atoms with Gasteiger partial charge in [-0.2, -0.15) is 0 Å². The second-order valence-electron chi connectivity index (χ2n) is 6.22. The minimum atomic E-state index is -0.656. The maximum absolute atomic E-state index is 12.0. The van der Waals surface area contributed by atoms with E-state index >= 15 is 0 Å². The lowest BCUT2D eigenvalue weighted by Gasteiger charge is -2.16. The van der Waals surface area contributed by atoms with E-state index in [9.17, 15) is 19.7 Å². The number of hydrogen-bond donors (Lipinski definition) is 0. The molecular weight excluding hydrogens is 350 g/mol. The fourth-order valence-electron chi connectivity index (χ4n) is 3.05. The molecule has 0 aromatic heterocycles. The number of nitro benzene ring substituents is 1. The van der Waals surface area contributed by atoms with Crippen LogP contribution in [0.3, 0.4) is 0 Å². The molecule has 0 atom stereocenters. The van der Waals surface area contributed by atoms with Gasteiger partial charge in [-0.25, -0.2) is 4.79 Å². The van der Waals surface area contributed by atoms with E-state index in [-0.39, 0.29) is 23.8 Å². The van der Waals surface area contributed by atoms with Crippen molar-refractivity contribution in [3.05, 3.63) is 68.3 Å².